The molecule has 23 heavy (non-hydrogen) atoms. The van der Waals surface area contributed by atoms with Gasteiger partial charge in [0.1, 0.15) is 11.4 Å². The minimum absolute atomic E-state index is 0.120. The van der Waals surface area contributed by atoms with E-state index in [1.807, 2.05) is 0 Å². The van der Waals surface area contributed by atoms with Gasteiger partial charge in [-0.1, -0.05) is 0 Å². The van der Waals surface area contributed by atoms with Crippen molar-refractivity contribution >= 4 is 28.7 Å². The largest absolute Gasteiger partial charge is 0.462 e. The third kappa shape index (κ3) is 2.83. The molecule has 1 aliphatic heterocycles. The van der Waals surface area contributed by atoms with Gasteiger partial charge in [0.2, 0.25) is 6.79 Å². The number of benzene rings is 1. The molecule has 1 aliphatic rings. The van der Waals surface area contributed by atoms with Crippen molar-refractivity contribution in [3.63, 3.8) is 0 Å². The Morgan fingerprint density at radius 2 is 2.00 bits per heavy atom. The smallest absolute Gasteiger partial charge is 0.341 e. The van der Waals surface area contributed by atoms with Crippen molar-refractivity contribution in [3.05, 3.63) is 23.8 Å². The lowest BCUT2D eigenvalue weighted by molar-refractivity contribution is 0.0527. The SMILES string of the molecule is CCOC(=O)c1cc2cc3c(cc2nc1NC(=O)NC)OCO3. The fraction of sp³-hybridized carbons (Fsp3) is 0.267. The highest BCUT2D eigenvalue weighted by molar-refractivity contribution is 6.03. The van der Waals surface area contributed by atoms with Gasteiger partial charge in [0.05, 0.1) is 12.1 Å². The van der Waals surface area contributed by atoms with Crippen molar-refractivity contribution < 1.29 is 23.8 Å². The summed E-state index contributed by atoms with van der Waals surface area (Å²) in [7, 11) is 1.47. The van der Waals surface area contributed by atoms with Gasteiger partial charge in [0.25, 0.3) is 0 Å². The molecule has 2 heterocycles. The van der Waals surface area contributed by atoms with Crippen LogP contribution in [-0.2, 0) is 4.74 Å². The molecule has 0 fully saturated rings. The number of nitrogens with one attached hydrogen (secondary N) is 2. The van der Waals surface area contributed by atoms with Gasteiger partial charge >= 0.3 is 12.0 Å². The van der Waals surface area contributed by atoms with E-state index in [2.05, 4.69) is 15.6 Å². The lowest BCUT2D eigenvalue weighted by atomic mass is 10.1. The number of pyridine rings is 1. The topological polar surface area (TPSA) is 98.8 Å². The molecule has 0 unspecified atom stereocenters. The summed E-state index contributed by atoms with van der Waals surface area (Å²) in [6.07, 6.45) is 0. The molecule has 8 nitrogen and oxygen atoms in total. The number of amides is 2. The highest BCUT2D eigenvalue weighted by atomic mass is 16.7. The van der Waals surface area contributed by atoms with E-state index >= 15 is 0 Å². The van der Waals surface area contributed by atoms with E-state index in [9.17, 15) is 9.59 Å². The highest BCUT2D eigenvalue weighted by Crippen LogP contribution is 2.36. The predicted molar refractivity (Wildman–Crippen MR) is 81.9 cm³/mol. The maximum atomic E-state index is 12.1. The number of carbonyl (C=O) groups is 2. The second-order valence-corrected chi connectivity index (χ2v) is 4.71. The van der Waals surface area contributed by atoms with Crippen LogP contribution in [0.4, 0.5) is 10.6 Å². The zero-order valence-electron chi connectivity index (χ0n) is 12.6. The zero-order chi connectivity index (χ0) is 16.4. The molecule has 0 radical (unpaired) electrons. The average Bonchev–Trinajstić information content (AvgIpc) is 2.99. The fourth-order valence-corrected chi connectivity index (χ4v) is 2.19. The number of nitrogens with zero attached hydrogens (tertiary/aromatic N) is 1. The Bertz CT molecular complexity index is 790. The van der Waals surface area contributed by atoms with Crippen LogP contribution in [0.1, 0.15) is 17.3 Å². The number of hydrogen-bond acceptors (Lipinski definition) is 6. The molecule has 1 aromatic carbocycles. The summed E-state index contributed by atoms with van der Waals surface area (Å²) in [6, 6.07) is 4.55. The molecule has 0 spiro atoms. The molecule has 3 rings (SSSR count). The van der Waals surface area contributed by atoms with Crippen LogP contribution in [-0.4, -0.2) is 37.4 Å². The molecule has 0 aliphatic carbocycles. The number of carbonyl (C=O) groups excluding carboxylic acids is 2. The maximum Gasteiger partial charge on any atom is 0.341 e. The number of anilines is 1. The minimum atomic E-state index is -0.564. The van der Waals surface area contributed by atoms with Gasteiger partial charge in [-0.25, -0.2) is 14.6 Å². The van der Waals surface area contributed by atoms with Crippen LogP contribution in [0.3, 0.4) is 0 Å². The average molecular weight is 317 g/mol. The number of fused-ring (bicyclic) bond motifs is 2. The number of esters is 1. The van der Waals surface area contributed by atoms with Crippen molar-refractivity contribution in [1.29, 1.82) is 0 Å². The lowest BCUT2D eigenvalue weighted by Gasteiger charge is -2.11. The van der Waals surface area contributed by atoms with Crippen LogP contribution in [0.2, 0.25) is 0 Å². The highest BCUT2D eigenvalue weighted by Gasteiger charge is 2.20. The van der Waals surface area contributed by atoms with Crippen LogP contribution in [0.5, 0.6) is 11.5 Å². The van der Waals surface area contributed by atoms with E-state index in [4.69, 9.17) is 14.2 Å². The molecule has 2 aromatic rings. The third-order valence-corrected chi connectivity index (χ3v) is 3.26. The summed E-state index contributed by atoms with van der Waals surface area (Å²) in [6.45, 7) is 2.06. The van der Waals surface area contributed by atoms with Gasteiger partial charge in [0.15, 0.2) is 11.5 Å². The third-order valence-electron chi connectivity index (χ3n) is 3.26. The first-order valence-electron chi connectivity index (χ1n) is 7.02. The molecule has 2 N–H and O–H groups in total. The van der Waals surface area contributed by atoms with E-state index < -0.39 is 12.0 Å². The molecular weight excluding hydrogens is 302 g/mol. The Kier molecular flexibility index (Phi) is 3.88. The predicted octanol–water partition coefficient (Wildman–Crippen LogP) is 1.89. The van der Waals surface area contributed by atoms with E-state index in [1.165, 1.54) is 7.05 Å². The molecule has 8 heteroatoms. The summed E-state index contributed by atoms with van der Waals surface area (Å²) >= 11 is 0. The number of urea groups is 1. The van der Waals surface area contributed by atoms with E-state index in [1.54, 1.807) is 25.1 Å². The first-order chi connectivity index (χ1) is 11.1. The van der Waals surface area contributed by atoms with Gasteiger partial charge in [-0.15, -0.1) is 0 Å². The lowest BCUT2D eigenvalue weighted by Crippen LogP contribution is -2.26. The van der Waals surface area contributed by atoms with Gasteiger partial charge in [-0.05, 0) is 19.1 Å². The quantitative estimate of drug-likeness (QED) is 0.839. The second kappa shape index (κ2) is 5.99. The van der Waals surface area contributed by atoms with Crippen molar-refractivity contribution in [1.82, 2.24) is 10.3 Å². The normalized spacial score (nSPS) is 12.1. The van der Waals surface area contributed by atoms with Gasteiger partial charge in [-0.3, -0.25) is 5.32 Å². The Balaban J connectivity index is 2.12. The van der Waals surface area contributed by atoms with Crippen LogP contribution < -0.4 is 20.1 Å². The summed E-state index contributed by atoms with van der Waals surface area (Å²) < 4.78 is 15.7. The Hall–Kier alpha value is -3.03. The standard InChI is InChI=1S/C15H15N3O5/c1-3-21-14(19)9-4-8-5-11-12(23-7-22-11)6-10(8)17-13(9)18-15(20)16-2/h4-6H,3,7H2,1-2H3,(H2,16,17,18,20). The van der Waals surface area contributed by atoms with E-state index in [0.29, 0.717) is 22.4 Å². The molecule has 1 aromatic heterocycles. The first-order valence-corrected chi connectivity index (χ1v) is 7.02. The molecule has 2 amide bonds. The Labute approximate surface area is 131 Å². The van der Waals surface area contributed by atoms with Crippen molar-refractivity contribution in [2.75, 3.05) is 25.8 Å². The maximum absolute atomic E-state index is 12.1. The van der Waals surface area contributed by atoms with Gasteiger partial charge < -0.3 is 19.5 Å². The molecule has 0 atom stereocenters. The molecule has 120 valence electrons. The summed E-state index contributed by atoms with van der Waals surface area (Å²) in [5.74, 6) is 0.709. The fourth-order valence-electron chi connectivity index (χ4n) is 2.19. The van der Waals surface area contributed by atoms with Gasteiger partial charge in [0, 0.05) is 18.5 Å². The first kappa shape index (κ1) is 14.9. The number of ether oxygens (including phenoxy) is 3. The molecular formula is C15H15N3O5. The van der Waals surface area contributed by atoms with Crippen LogP contribution in [0.25, 0.3) is 10.9 Å². The van der Waals surface area contributed by atoms with Crippen LogP contribution >= 0.6 is 0 Å². The Morgan fingerprint density at radius 1 is 1.26 bits per heavy atom. The van der Waals surface area contributed by atoms with Crippen molar-refractivity contribution in [2.24, 2.45) is 0 Å². The second-order valence-electron chi connectivity index (χ2n) is 4.71. The monoisotopic (exact) mass is 317 g/mol. The summed E-state index contributed by atoms with van der Waals surface area (Å²) in [4.78, 5) is 28.0. The van der Waals surface area contributed by atoms with E-state index in [0.717, 1.165) is 0 Å². The van der Waals surface area contributed by atoms with Gasteiger partial charge in [-0.2, -0.15) is 0 Å². The summed E-state index contributed by atoms with van der Waals surface area (Å²) in [5, 5.41) is 5.62. The number of aromatic nitrogens is 1. The Morgan fingerprint density at radius 3 is 2.70 bits per heavy atom. The van der Waals surface area contributed by atoms with Crippen LogP contribution in [0, 0.1) is 0 Å². The molecule has 0 bridgehead atoms. The number of rotatable bonds is 3. The van der Waals surface area contributed by atoms with Crippen molar-refractivity contribution in [2.45, 2.75) is 6.92 Å². The molecule has 0 saturated carbocycles. The van der Waals surface area contributed by atoms with E-state index in [-0.39, 0.29) is 24.8 Å². The zero-order valence-corrected chi connectivity index (χ0v) is 12.6. The molecule has 0 saturated heterocycles. The van der Waals surface area contributed by atoms with Crippen molar-refractivity contribution in [3.8, 4) is 11.5 Å². The van der Waals surface area contributed by atoms with Crippen LogP contribution in [0.15, 0.2) is 18.2 Å². The minimum Gasteiger partial charge on any atom is -0.462 e. The number of hydrogen-bond donors (Lipinski definition) is 2. The summed E-state index contributed by atoms with van der Waals surface area (Å²) in [5.41, 5.74) is 0.732.